The smallest absolute Gasteiger partial charge is 0.259 e. The summed E-state index contributed by atoms with van der Waals surface area (Å²) in [6.45, 7) is 1.24. The molecular formula is C34H32ClN3O5. The van der Waals surface area contributed by atoms with Crippen LogP contribution in [0, 0.1) is 0 Å². The first kappa shape index (κ1) is 29.7. The second-order valence-electron chi connectivity index (χ2n) is 9.78. The van der Waals surface area contributed by atoms with Crippen LogP contribution in [-0.4, -0.2) is 45.2 Å². The average molecular weight is 598 g/mol. The van der Waals surface area contributed by atoms with Crippen molar-refractivity contribution in [1.82, 2.24) is 5.32 Å². The lowest BCUT2D eigenvalue weighted by molar-refractivity contribution is 0.0940. The van der Waals surface area contributed by atoms with Crippen LogP contribution in [0.1, 0.15) is 27.1 Å². The maximum absolute atomic E-state index is 13.4. The Kier molecular flexibility index (Phi) is 9.61. The van der Waals surface area contributed by atoms with E-state index in [1.807, 2.05) is 66.7 Å². The number of halogens is 1. The normalized spacial score (nSPS) is 10.9. The minimum atomic E-state index is -0.374. The summed E-state index contributed by atoms with van der Waals surface area (Å²) in [6, 6.07) is 27.7. The fourth-order valence-electron chi connectivity index (χ4n) is 4.68. The molecule has 0 bridgehead atoms. The van der Waals surface area contributed by atoms with Gasteiger partial charge in [-0.1, -0.05) is 60.1 Å². The number of hydrogen-bond donors (Lipinski definition) is 3. The van der Waals surface area contributed by atoms with Gasteiger partial charge in [-0.15, -0.1) is 0 Å². The van der Waals surface area contributed by atoms with Gasteiger partial charge < -0.3 is 30.6 Å². The maximum Gasteiger partial charge on any atom is 0.259 e. The Labute approximate surface area is 254 Å². The van der Waals surface area contributed by atoms with Crippen LogP contribution in [0.15, 0.2) is 91.0 Å². The molecule has 0 saturated carbocycles. The lowest BCUT2D eigenvalue weighted by Gasteiger charge is -2.16. The van der Waals surface area contributed by atoms with E-state index in [-0.39, 0.29) is 25.0 Å². The highest BCUT2D eigenvalue weighted by molar-refractivity contribution is 6.30. The number of fused-ring (bicyclic) bond motifs is 2. The van der Waals surface area contributed by atoms with Gasteiger partial charge in [0, 0.05) is 11.1 Å². The van der Waals surface area contributed by atoms with Gasteiger partial charge in [0.2, 0.25) is 0 Å². The minimum absolute atomic E-state index is 0.131. The van der Waals surface area contributed by atoms with Crippen molar-refractivity contribution in [3.8, 4) is 17.2 Å². The number of amides is 2. The third-order valence-electron chi connectivity index (χ3n) is 6.85. The van der Waals surface area contributed by atoms with Crippen LogP contribution in [0.4, 0.5) is 5.69 Å². The number of anilines is 1. The Morgan fingerprint density at radius 3 is 1.86 bits per heavy atom. The summed E-state index contributed by atoms with van der Waals surface area (Å²) >= 11 is 6.08. The molecule has 9 heteroatoms. The highest BCUT2D eigenvalue weighted by atomic mass is 35.5. The molecule has 0 aliphatic carbocycles. The molecule has 0 spiro atoms. The second kappa shape index (κ2) is 13.9. The van der Waals surface area contributed by atoms with Crippen molar-refractivity contribution in [2.24, 2.45) is 5.73 Å². The number of ether oxygens (including phenoxy) is 3. The van der Waals surface area contributed by atoms with Crippen LogP contribution in [0.2, 0.25) is 5.02 Å². The summed E-state index contributed by atoms with van der Waals surface area (Å²) in [5, 5.41) is 9.99. The molecular weight excluding hydrogens is 566 g/mol. The van der Waals surface area contributed by atoms with E-state index in [9.17, 15) is 9.59 Å². The molecule has 0 atom stereocenters. The zero-order valence-corrected chi connectivity index (χ0v) is 24.4. The van der Waals surface area contributed by atoms with E-state index in [1.54, 1.807) is 24.3 Å². The van der Waals surface area contributed by atoms with Gasteiger partial charge in [-0.3, -0.25) is 9.59 Å². The first-order valence-electron chi connectivity index (χ1n) is 13.9. The van der Waals surface area contributed by atoms with Crippen molar-refractivity contribution in [3.05, 3.63) is 107 Å². The molecule has 0 saturated heterocycles. The Bertz CT molecular complexity index is 1770. The van der Waals surface area contributed by atoms with Crippen LogP contribution in [-0.2, 0) is 0 Å². The fourth-order valence-corrected chi connectivity index (χ4v) is 4.84. The third kappa shape index (κ3) is 7.17. The van der Waals surface area contributed by atoms with Gasteiger partial charge in [0.1, 0.15) is 23.9 Å². The molecule has 0 radical (unpaired) electrons. The molecule has 4 N–H and O–H groups in total. The second-order valence-corrected chi connectivity index (χ2v) is 10.2. The van der Waals surface area contributed by atoms with E-state index in [0.717, 1.165) is 21.5 Å². The predicted octanol–water partition coefficient (Wildman–Crippen LogP) is 6.44. The Hall–Kier alpha value is -4.79. The van der Waals surface area contributed by atoms with Crippen LogP contribution < -0.4 is 30.6 Å². The van der Waals surface area contributed by atoms with Crippen LogP contribution >= 0.6 is 11.6 Å². The summed E-state index contributed by atoms with van der Waals surface area (Å²) in [4.78, 5) is 26.7. The van der Waals surface area contributed by atoms with Gasteiger partial charge in [-0.25, -0.2) is 0 Å². The summed E-state index contributed by atoms with van der Waals surface area (Å²) < 4.78 is 17.4. The number of methoxy groups -OCH3 is 1. The number of benzene rings is 5. The molecule has 8 nitrogen and oxygen atoms in total. The number of rotatable bonds is 12. The first-order chi connectivity index (χ1) is 21.0. The van der Waals surface area contributed by atoms with Crippen LogP contribution in [0.3, 0.4) is 0 Å². The van der Waals surface area contributed by atoms with E-state index in [0.29, 0.717) is 58.7 Å². The SMILES string of the molecule is COc1cc(Cl)ccc1NC(=O)c1cc2ccccc2cc1OCCNC(=O)c1cc2ccccc2cc1OCCCN. The first-order valence-corrected chi connectivity index (χ1v) is 14.3. The average Bonchev–Trinajstić information content (AvgIpc) is 3.03. The van der Waals surface area contributed by atoms with Gasteiger partial charge in [-0.05, 0) is 70.9 Å². The molecule has 0 unspecified atom stereocenters. The van der Waals surface area contributed by atoms with Crippen molar-refractivity contribution in [2.45, 2.75) is 6.42 Å². The topological polar surface area (TPSA) is 112 Å². The molecule has 5 aromatic carbocycles. The Balaban J connectivity index is 1.31. The number of nitrogens with two attached hydrogens (primary N) is 1. The Morgan fingerprint density at radius 1 is 0.721 bits per heavy atom. The highest BCUT2D eigenvalue weighted by Gasteiger charge is 2.18. The molecule has 2 amide bonds. The lowest BCUT2D eigenvalue weighted by Crippen LogP contribution is -2.29. The molecule has 5 aromatic rings. The summed E-state index contributed by atoms with van der Waals surface area (Å²) in [7, 11) is 1.51. The van der Waals surface area contributed by atoms with Crippen molar-refractivity contribution in [3.63, 3.8) is 0 Å². The molecule has 0 aromatic heterocycles. The molecule has 0 heterocycles. The summed E-state index contributed by atoms with van der Waals surface area (Å²) in [5.41, 5.74) is 6.86. The van der Waals surface area contributed by atoms with Crippen molar-refractivity contribution >= 4 is 50.6 Å². The van der Waals surface area contributed by atoms with E-state index >= 15 is 0 Å². The molecule has 0 aliphatic heterocycles. The van der Waals surface area contributed by atoms with Gasteiger partial charge in [-0.2, -0.15) is 0 Å². The van der Waals surface area contributed by atoms with E-state index < -0.39 is 0 Å². The molecule has 0 fully saturated rings. The maximum atomic E-state index is 13.4. The zero-order chi connectivity index (χ0) is 30.2. The summed E-state index contributed by atoms with van der Waals surface area (Å²) in [5.74, 6) is 0.655. The highest BCUT2D eigenvalue weighted by Crippen LogP contribution is 2.31. The summed E-state index contributed by atoms with van der Waals surface area (Å²) in [6.07, 6.45) is 0.675. The fraction of sp³-hybridized carbons (Fsp3) is 0.176. The molecule has 5 rings (SSSR count). The van der Waals surface area contributed by atoms with Crippen molar-refractivity contribution < 1.29 is 23.8 Å². The monoisotopic (exact) mass is 597 g/mol. The van der Waals surface area contributed by atoms with Crippen molar-refractivity contribution in [2.75, 3.05) is 38.7 Å². The predicted molar refractivity (Wildman–Crippen MR) is 171 cm³/mol. The third-order valence-corrected chi connectivity index (χ3v) is 7.08. The van der Waals surface area contributed by atoms with Crippen LogP contribution in [0.5, 0.6) is 17.2 Å². The van der Waals surface area contributed by atoms with Gasteiger partial charge in [0.25, 0.3) is 11.8 Å². The minimum Gasteiger partial charge on any atom is -0.495 e. The number of nitrogens with one attached hydrogen (secondary N) is 2. The molecule has 43 heavy (non-hydrogen) atoms. The quantitative estimate of drug-likeness (QED) is 0.143. The molecule has 220 valence electrons. The van der Waals surface area contributed by atoms with Gasteiger partial charge in [0.05, 0.1) is 37.1 Å². The van der Waals surface area contributed by atoms with E-state index in [2.05, 4.69) is 10.6 Å². The molecule has 0 aliphatic rings. The van der Waals surface area contributed by atoms with Gasteiger partial charge >= 0.3 is 0 Å². The Morgan fingerprint density at radius 2 is 1.28 bits per heavy atom. The largest absolute Gasteiger partial charge is 0.495 e. The van der Waals surface area contributed by atoms with E-state index in [1.165, 1.54) is 7.11 Å². The van der Waals surface area contributed by atoms with Crippen LogP contribution in [0.25, 0.3) is 21.5 Å². The number of carbonyl (C=O) groups excluding carboxylic acids is 2. The van der Waals surface area contributed by atoms with E-state index in [4.69, 9.17) is 31.5 Å². The lowest BCUT2D eigenvalue weighted by atomic mass is 10.0. The van der Waals surface area contributed by atoms with Crippen molar-refractivity contribution in [1.29, 1.82) is 0 Å². The standard InChI is InChI=1S/C34H32ClN3O5/c1-41-32-21-26(35)11-12-29(32)38-34(40)28-18-23-8-3-5-10-25(23)20-31(28)43-16-14-37-33(39)27-17-22-7-2-4-9-24(22)19-30(27)42-15-6-13-36/h2-5,7-12,17-21H,6,13-16,36H2,1H3,(H,37,39)(H,38,40). The number of hydrogen-bond acceptors (Lipinski definition) is 6. The zero-order valence-electron chi connectivity index (χ0n) is 23.7. The van der Waals surface area contributed by atoms with Gasteiger partial charge in [0.15, 0.2) is 0 Å². The number of carbonyl (C=O) groups is 2.